The molecule has 27 heavy (non-hydrogen) atoms. The zero-order valence-corrected chi connectivity index (χ0v) is 16.8. The van der Waals surface area contributed by atoms with E-state index in [1.165, 1.54) is 28.0 Å². The van der Waals surface area contributed by atoms with Gasteiger partial charge in [0.1, 0.15) is 12.6 Å². The van der Waals surface area contributed by atoms with E-state index in [1.54, 1.807) is 19.1 Å². The number of imide groups is 1. The van der Waals surface area contributed by atoms with E-state index in [0.29, 0.717) is 10.8 Å². The summed E-state index contributed by atoms with van der Waals surface area (Å²) in [6.45, 7) is 5.23. The number of aryl methyl sites for hydroxylation is 1. The highest BCUT2D eigenvalue weighted by Crippen LogP contribution is 2.27. The van der Waals surface area contributed by atoms with Crippen LogP contribution in [0.4, 0.5) is 15.6 Å². The minimum atomic E-state index is -0.665. The summed E-state index contributed by atoms with van der Waals surface area (Å²) >= 11 is 2.78. The van der Waals surface area contributed by atoms with E-state index >= 15 is 0 Å². The van der Waals surface area contributed by atoms with Crippen LogP contribution in [0.3, 0.4) is 0 Å². The Morgan fingerprint density at radius 1 is 1.26 bits per heavy atom. The lowest BCUT2D eigenvalue weighted by molar-refractivity contribution is -0.130. The van der Waals surface area contributed by atoms with Crippen molar-refractivity contribution in [2.45, 2.75) is 31.2 Å². The van der Waals surface area contributed by atoms with Gasteiger partial charge in [0.2, 0.25) is 11.0 Å². The van der Waals surface area contributed by atoms with Gasteiger partial charge < -0.3 is 0 Å². The second-order valence-corrected chi connectivity index (χ2v) is 8.43. The molecule has 1 saturated heterocycles. The van der Waals surface area contributed by atoms with Crippen molar-refractivity contribution in [3.05, 3.63) is 29.8 Å². The molecule has 1 fully saturated rings. The number of rotatable bonds is 6. The lowest BCUT2D eigenvalue weighted by Gasteiger charge is -2.19. The topological polar surface area (TPSA) is 95.5 Å². The molecule has 0 saturated carbocycles. The van der Waals surface area contributed by atoms with Crippen LogP contribution in [0.15, 0.2) is 28.6 Å². The van der Waals surface area contributed by atoms with Crippen LogP contribution in [0.25, 0.3) is 0 Å². The summed E-state index contributed by atoms with van der Waals surface area (Å²) in [6, 6.07) is 6.14. The molecule has 1 aromatic carbocycles. The van der Waals surface area contributed by atoms with E-state index in [0.717, 1.165) is 20.6 Å². The van der Waals surface area contributed by atoms with Gasteiger partial charge in [0.25, 0.3) is 5.91 Å². The van der Waals surface area contributed by atoms with Crippen LogP contribution in [0.2, 0.25) is 0 Å². The predicted molar refractivity (Wildman–Crippen MR) is 105 cm³/mol. The van der Waals surface area contributed by atoms with Crippen molar-refractivity contribution in [1.29, 1.82) is 0 Å². The van der Waals surface area contributed by atoms with Gasteiger partial charge in [-0.3, -0.25) is 24.7 Å². The number of hydrogen-bond acceptors (Lipinski definition) is 7. The maximum absolute atomic E-state index is 12.7. The standard InChI is InChI=1S/C17H19N5O3S2/c1-4-26-16-20-19-15(27-16)18-13(23)9-21-14(24)11(3)22(17(21)25)12-7-5-10(2)6-8-12/h5-8,11H,4,9H2,1-3H3,(H,18,19,23)/t11-/m1/s1. The fraction of sp³-hybridized carbons (Fsp3) is 0.353. The van der Waals surface area contributed by atoms with E-state index < -0.39 is 23.9 Å². The van der Waals surface area contributed by atoms with Crippen LogP contribution >= 0.6 is 23.1 Å². The molecule has 0 aliphatic carbocycles. The molecule has 3 rings (SSSR count). The fourth-order valence-corrected chi connectivity index (χ4v) is 4.32. The zero-order valence-electron chi connectivity index (χ0n) is 15.1. The molecule has 10 heteroatoms. The number of nitrogens with one attached hydrogen (secondary N) is 1. The normalized spacial score (nSPS) is 16.9. The third-order valence-electron chi connectivity index (χ3n) is 3.98. The van der Waals surface area contributed by atoms with Crippen molar-refractivity contribution in [2.75, 3.05) is 22.5 Å². The molecule has 1 aliphatic heterocycles. The number of thioether (sulfide) groups is 1. The summed E-state index contributed by atoms with van der Waals surface area (Å²) in [5.41, 5.74) is 1.68. The molecule has 0 spiro atoms. The first-order chi connectivity index (χ1) is 12.9. The van der Waals surface area contributed by atoms with Crippen LogP contribution < -0.4 is 10.2 Å². The fourth-order valence-electron chi connectivity index (χ4n) is 2.66. The molecule has 142 valence electrons. The Bertz CT molecular complexity index is 868. The van der Waals surface area contributed by atoms with E-state index in [1.807, 2.05) is 26.0 Å². The summed E-state index contributed by atoms with van der Waals surface area (Å²) in [6.07, 6.45) is 0. The Hall–Kier alpha value is -2.46. The number of amides is 4. The molecule has 1 aliphatic rings. The van der Waals surface area contributed by atoms with Crippen molar-refractivity contribution < 1.29 is 14.4 Å². The molecular weight excluding hydrogens is 386 g/mol. The van der Waals surface area contributed by atoms with Crippen LogP contribution in [-0.4, -0.2) is 51.3 Å². The minimum absolute atomic E-state index is 0.346. The lowest BCUT2D eigenvalue weighted by atomic mass is 10.2. The third kappa shape index (κ3) is 4.11. The highest BCUT2D eigenvalue weighted by atomic mass is 32.2. The van der Waals surface area contributed by atoms with Crippen molar-refractivity contribution in [3.8, 4) is 0 Å². The quantitative estimate of drug-likeness (QED) is 0.451. The van der Waals surface area contributed by atoms with Gasteiger partial charge in [0.05, 0.1) is 0 Å². The number of carbonyl (C=O) groups excluding carboxylic acids is 3. The van der Waals surface area contributed by atoms with Gasteiger partial charge in [-0.15, -0.1) is 10.2 Å². The van der Waals surface area contributed by atoms with Crippen LogP contribution in [0.1, 0.15) is 19.4 Å². The molecule has 1 N–H and O–H groups in total. The summed E-state index contributed by atoms with van der Waals surface area (Å²) in [5.74, 6) is -0.0411. The first-order valence-corrected chi connectivity index (χ1v) is 10.2. The Labute approximate surface area is 164 Å². The average molecular weight is 406 g/mol. The minimum Gasteiger partial charge on any atom is -0.299 e. The van der Waals surface area contributed by atoms with Crippen LogP contribution in [0, 0.1) is 6.92 Å². The Balaban J connectivity index is 1.68. The number of nitrogens with zero attached hydrogens (tertiary/aromatic N) is 4. The second kappa shape index (κ2) is 8.05. The highest BCUT2D eigenvalue weighted by molar-refractivity contribution is 8.01. The summed E-state index contributed by atoms with van der Waals surface area (Å²) in [7, 11) is 0. The number of urea groups is 1. The molecule has 1 atom stereocenters. The molecule has 2 heterocycles. The number of anilines is 2. The molecule has 4 amide bonds. The van der Waals surface area contributed by atoms with E-state index in [-0.39, 0.29) is 6.54 Å². The SMILES string of the molecule is CCSc1nnc(NC(=O)CN2C(=O)[C@@H](C)N(c3ccc(C)cc3)C2=O)s1. The molecule has 1 aromatic heterocycles. The van der Waals surface area contributed by atoms with Crippen molar-refractivity contribution in [1.82, 2.24) is 15.1 Å². The third-order valence-corrected chi connectivity index (χ3v) is 5.84. The zero-order chi connectivity index (χ0) is 19.6. The van der Waals surface area contributed by atoms with Gasteiger partial charge >= 0.3 is 6.03 Å². The van der Waals surface area contributed by atoms with Gasteiger partial charge in [0.15, 0.2) is 4.34 Å². The number of benzene rings is 1. The van der Waals surface area contributed by atoms with E-state index in [2.05, 4.69) is 15.5 Å². The Morgan fingerprint density at radius 3 is 2.63 bits per heavy atom. The lowest BCUT2D eigenvalue weighted by Crippen LogP contribution is -2.39. The largest absolute Gasteiger partial charge is 0.332 e. The number of aromatic nitrogens is 2. The van der Waals surface area contributed by atoms with Gasteiger partial charge in [-0.2, -0.15) is 0 Å². The molecule has 0 unspecified atom stereocenters. The maximum Gasteiger partial charge on any atom is 0.332 e. The smallest absolute Gasteiger partial charge is 0.299 e. The number of hydrogen-bond donors (Lipinski definition) is 1. The number of carbonyl (C=O) groups is 3. The summed E-state index contributed by atoms with van der Waals surface area (Å²) < 4.78 is 0.750. The van der Waals surface area contributed by atoms with E-state index in [4.69, 9.17) is 0 Å². The Kier molecular flexibility index (Phi) is 5.76. The van der Waals surface area contributed by atoms with Gasteiger partial charge in [0, 0.05) is 5.69 Å². The van der Waals surface area contributed by atoms with Gasteiger partial charge in [-0.1, -0.05) is 47.7 Å². The predicted octanol–water partition coefficient (Wildman–Crippen LogP) is 2.75. The van der Waals surface area contributed by atoms with Gasteiger partial charge in [-0.05, 0) is 31.7 Å². The molecule has 0 radical (unpaired) electrons. The summed E-state index contributed by atoms with van der Waals surface area (Å²) in [4.78, 5) is 39.8. The summed E-state index contributed by atoms with van der Waals surface area (Å²) in [5, 5.41) is 10.8. The van der Waals surface area contributed by atoms with Crippen molar-refractivity contribution >= 4 is 51.8 Å². The first kappa shape index (κ1) is 19.3. The Morgan fingerprint density at radius 2 is 1.96 bits per heavy atom. The maximum atomic E-state index is 12.7. The van der Waals surface area contributed by atoms with Crippen molar-refractivity contribution in [3.63, 3.8) is 0 Å². The first-order valence-electron chi connectivity index (χ1n) is 8.38. The molecule has 8 nitrogen and oxygen atoms in total. The average Bonchev–Trinajstić information content (AvgIpc) is 3.15. The molecule has 2 aromatic rings. The van der Waals surface area contributed by atoms with Crippen LogP contribution in [0.5, 0.6) is 0 Å². The van der Waals surface area contributed by atoms with Crippen molar-refractivity contribution in [2.24, 2.45) is 0 Å². The van der Waals surface area contributed by atoms with E-state index in [9.17, 15) is 14.4 Å². The highest BCUT2D eigenvalue weighted by Gasteiger charge is 2.44. The monoisotopic (exact) mass is 405 g/mol. The van der Waals surface area contributed by atoms with Crippen LogP contribution in [-0.2, 0) is 9.59 Å². The second-order valence-electron chi connectivity index (χ2n) is 5.94. The molecule has 0 bridgehead atoms. The molecular formula is C17H19N5O3S2. The van der Waals surface area contributed by atoms with Gasteiger partial charge in [-0.25, -0.2) is 4.79 Å².